The molecule has 0 aliphatic heterocycles. The Hall–Kier alpha value is -4.21. The van der Waals surface area contributed by atoms with Crippen LogP contribution in [0.5, 0.6) is 0 Å². The number of nitrogens with one attached hydrogen (secondary N) is 4. The van der Waals surface area contributed by atoms with Crippen LogP contribution < -0.4 is 33.2 Å². The summed E-state index contributed by atoms with van der Waals surface area (Å²) in [5.41, 5.74) is 16.8. The van der Waals surface area contributed by atoms with Crippen molar-refractivity contribution in [3.05, 3.63) is 18.2 Å². The topological polar surface area (TPSA) is 281 Å². The Kier molecular flexibility index (Phi) is 13.2. The summed E-state index contributed by atoms with van der Waals surface area (Å²) in [5, 5.41) is 25.9. The number of hydrogen-bond donors (Lipinski definition) is 9. The molecule has 38 heavy (non-hydrogen) atoms. The lowest BCUT2D eigenvalue weighted by molar-refractivity contribution is -0.142. The van der Waals surface area contributed by atoms with E-state index in [4.69, 9.17) is 22.3 Å². The van der Waals surface area contributed by atoms with E-state index in [-0.39, 0.29) is 44.1 Å². The molecule has 212 valence electrons. The number of aromatic amines is 1. The highest BCUT2D eigenvalue weighted by atomic mass is 16.4. The monoisotopic (exact) mass is 539 g/mol. The maximum Gasteiger partial charge on any atom is 0.326 e. The number of guanidine groups is 1. The number of imidazole rings is 1. The largest absolute Gasteiger partial charge is 0.481 e. The van der Waals surface area contributed by atoms with E-state index in [9.17, 15) is 29.1 Å². The molecule has 0 bridgehead atoms. The molecular formula is C22H37N9O7. The van der Waals surface area contributed by atoms with Crippen LogP contribution >= 0.6 is 0 Å². The van der Waals surface area contributed by atoms with Crippen molar-refractivity contribution < 1.29 is 34.2 Å². The third kappa shape index (κ3) is 11.7. The van der Waals surface area contributed by atoms with Crippen molar-refractivity contribution in [2.24, 2.45) is 28.1 Å². The average Bonchev–Trinajstić information content (AvgIpc) is 3.34. The Morgan fingerprint density at radius 2 is 1.58 bits per heavy atom. The maximum atomic E-state index is 13.1. The van der Waals surface area contributed by atoms with Gasteiger partial charge in [0.2, 0.25) is 17.7 Å². The van der Waals surface area contributed by atoms with Gasteiger partial charge in [0.25, 0.3) is 0 Å². The van der Waals surface area contributed by atoms with Gasteiger partial charge in [0, 0.05) is 31.3 Å². The first kappa shape index (κ1) is 31.8. The zero-order valence-electron chi connectivity index (χ0n) is 21.3. The van der Waals surface area contributed by atoms with Crippen LogP contribution in [0.2, 0.25) is 0 Å². The summed E-state index contributed by atoms with van der Waals surface area (Å²) in [7, 11) is 0. The molecule has 0 fully saturated rings. The molecule has 16 nitrogen and oxygen atoms in total. The quantitative estimate of drug-likeness (QED) is 0.0561. The molecule has 1 heterocycles. The van der Waals surface area contributed by atoms with Gasteiger partial charge in [0.15, 0.2) is 5.96 Å². The number of nitrogens with zero attached hydrogens (tertiary/aromatic N) is 2. The molecule has 1 aromatic rings. The van der Waals surface area contributed by atoms with E-state index in [0.717, 1.165) is 0 Å². The number of H-pyrrole nitrogens is 1. The summed E-state index contributed by atoms with van der Waals surface area (Å²) in [6.45, 7) is 3.56. The number of aliphatic imine (C=N–C) groups is 1. The van der Waals surface area contributed by atoms with Crippen LogP contribution in [0.1, 0.15) is 45.2 Å². The van der Waals surface area contributed by atoms with Crippen molar-refractivity contribution >= 4 is 35.6 Å². The Morgan fingerprint density at radius 1 is 0.974 bits per heavy atom. The number of aliphatic carboxylic acids is 2. The van der Waals surface area contributed by atoms with Gasteiger partial charge in [-0.1, -0.05) is 13.8 Å². The number of hydrogen-bond acceptors (Lipinski definition) is 8. The number of carbonyl (C=O) groups excluding carboxylic acids is 3. The smallest absolute Gasteiger partial charge is 0.326 e. The maximum absolute atomic E-state index is 13.1. The van der Waals surface area contributed by atoms with Gasteiger partial charge in [0.05, 0.1) is 12.4 Å². The normalized spacial score (nSPS) is 14.0. The minimum absolute atomic E-state index is 0.00691. The molecule has 4 atom stereocenters. The van der Waals surface area contributed by atoms with Crippen LogP contribution in [0.4, 0.5) is 0 Å². The molecule has 1 rings (SSSR count). The summed E-state index contributed by atoms with van der Waals surface area (Å²) in [6, 6.07) is -4.85. The first-order valence-corrected chi connectivity index (χ1v) is 12.0. The minimum atomic E-state index is -1.31. The van der Waals surface area contributed by atoms with Crippen LogP contribution in [0, 0.1) is 5.92 Å². The number of aromatic nitrogens is 2. The molecule has 0 spiro atoms. The number of rotatable bonds is 17. The van der Waals surface area contributed by atoms with Crippen LogP contribution in [0.3, 0.4) is 0 Å². The van der Waals surface area contributed by atoms with Gasteiger partial charge in [-0.15, -0.1) is 0 Å². The van der Waals surface area contributed by atoms with Crippen molar-refractivity contribution in [3.63, 3.8) is 0 Å². The first-order chi connectivity index (χ1) is 17.8. The van der Waals surface area contributed by atoms with Crippen LogP contribution in [0.25, 0.3) is 0 Å². The lowest BCUT2D eigenvalue weighted by Crippen LogP contribution is -2.58. The van der Waals surface area contributed by atoms with Crippen LogP contribution in [-0.2, 0) is 30.4 Å². The van der Waals surface area contributed by atoms with E-state index >= 15 is 0 Å². The van der Waals surface area contributed by atoms with Gasteiger partial charge in [-0.3, -0.25) is 24.2 Å². The summed E-state index contributed by atoms with van der Waals surface area (Å²) in [6.07, 6.45) is 2.24. The fourth-order valence-corrected chi connectivity index (χ4v) is 3.24. The second-order valence-electron chi connectivity index (χ2n) is 8.95. The second kappa shape index (κ2) is 15.8. The highest BCUT2D eigenvalue weighted by Gasteiger charge is 2.31. The third-order valence-corrected chi connectivity index (χ3v) is 5.47. The Morgan fingerprint density at radius 3 is 2.11 bits per heavy atom. The van der Waals surface area contributed by atoms with E-state index < -0.39 is 60.2 Å². The summed E-state index contributed by atoms with van der Waals surface area (Å²) >= 11 is 0. The molecule has 0 saturated carbocycles. The molecule has 0 saturated heterocycles. The zero-order chi connectivity index (χ0) is 28.8. The second-order valence-corrected chi connectivity index (χ2v) is 8.95. The van der Waals surface area contributed by atoms with Gasteiger partial charge >= 0.3 is 11.9 Å². The molecule has 1 aromatic heterocycles. The molecule has 16 heteroatoms. The lowest BCUT2D eigenvalue weighted by atomic mass is 10.0. The third-order valence-electron chi connectivity index (χ3n) is 5.47. The number of carboxylic acid groups (broad SMARTS) is 2. The number of carbonyl (C=O) groups is 5. The predicted octanol–water partition coefficient (Wildman–Crippen LogP) is -2.61. The molecular weight excluding hydrogens is 502 g/mol. The van der Waals surface area contributed by atoms with E-state index in [1.54, 1.807) is 13.8 Å². The highest BCUT2D eigenvalue weighted by molar-refractivity contribution is 5.94. The molecule has 12 N–H and O–H groups in total. The molecule has 0 aromatic carbocycles. The Bertz CT molecular complexity index is 978. The first-order valence-electron chi connectivity index (χ1n) is 12.0. The number of carboxylic acids is 2. The van der Waals surface area contributed by atoms with Crippen molar-refractivity contribution in [3.8, 4) is 0 Å². The van der Waals surface area contributed by atoms with Gasteiger partial charge in [-0.2, -0.15) is 0 Å². The lowest BCUT2D eigenvalue weighted by Gasteiger charge is -2.25. The van der Waals surface area contributed by atoms with Gasteiger partial charge in [-0.05, 0) is 25.2 Å². The van der Waals surface area contributed by atoms with Crippen molar-refractivity contribution in [1.82, 2.24) is 25.9 Å². The molecule has 0 aliphatic carbocycles. The van der Waals surface area contributed by atoms with E-state index in [0.29, 0.717) is 5.69 Å². The van der Waals surface area contributed by atoms with Crippen LogP contribution in [0.15, 0.2) is 17.5 Å². The molecule has 4 unspecified atom stereocenters. The molecule has 0 aliphatic rings. The fourth-order valence-electron chi connectivity index (χ4n) is 3.24. The zero-order valence-corrected chi connectivity index (χ0v) is 21.3. The van der Waals surface area contributed by atoms with E-state index in [2.05, 4.69) is 30.9 Å². The van der Waals surface area contributed by atoms with Gasteiger partial charge < -0.3 is 48.3 Å². The highest BCUT2D eigenvalue weighted by Crippen LogP contribution is 2.07. The van der Waals surface area contributed by atoms with E-state index in [1.165, 1.54) is 12.5 Å². The van der Waals surface area contributed by atoms with Crippen molar-refractivity contribution in [2.75, 3.05) is 6.54 Å². The average molecular weight is 540 g/mol. The van der Waals surface area contributed by atoms with Gasteiger partial charge in [-0.25, -0.2) is 9.78 Å². The molecule has 3 amide bonds. The fraction of sp³-hybridized carbons (Fsp3) is 0.591. The van der Waals surface area contributed by atoms with Gasteiger partial charge in [0.1, 0.15) is 18.1 Å². The standard InChI is InChI=1S/C22H37N9O7/c1-11(2)17(23)20(36)29-13(5-6-16(32)33)18(34)31-15(8-12-9-26-10-28-12)19(35)30-14(21(37)38)4-3-7-27-22(24)25/h9-11,13-15,17H,3-8,23H2,1-2H3,(H,26,28)(H,29,36)(H,30,35)(H,31,34)(H,32,33)(H,37,38)(H4,24,25,27). The van der Waals surface area contributed by atoms with Crippen molar-refractivity contribution in [2.45, 2.75) is 70.1 Å². The van der Waals surface area contributed by atoms with Crippen molar-refractivity contribution in [1.29, 1.82) is 0 Å². The number of amides is 3. The van der Waals surface area contributed by atoms with E-state index in [1.807, 2.05) is 0 Å². The SMILES string of the molecule is CC(C)C(N)C(=O)NC(CCC(=O)O)C(=O)NC(Cc1cnc[nH]1)C(=O)NC(CCCN=C(N)N)C(=O)O. The number of nitrogens with two attached hydrogens (primary N) is 3. The Balaban J connectivity index is 3.06. The minimum Gasteiger partial charge on any atom is -0.481 e. The summed E-state index contributed by atoms with van der Waals surface area (Å²) in [5.74, 6) is -5.21. The molecule has 0 radical (unpaired) electrons. The van der Waals surface area contributed by atoms with Crippen LogP contribution in [-0.4, -0.2) is 86.5 Å². The Labute approximate surface area is 219 Å². The predicted molar refractivity (Wildman–Crippen MR) is 135 cm³/mol. The summed E-state index contributed by atoms with van der Waals surface area (Å²) in [4.78, 5) is 71.9. The summed E-state index contributed by atoms with van der Waals surface area (Å²) < 4.78 is 0.